The molecule has 5 nitrogen and oxygen atoms in total. The van der Waals surface area contributed by atoms with Crippen molar-refractivity contribution in [2.75, 3.05) is 38.5 Å². The number of hydrogen-bond donors (Lipinski definition) is 1. The van der Waals surface area contributed by atoms with Crippen molar-refractivity contribution in [3.8, 4) is 0 Å². The van der Waals surface area contributed by atoms with E-state index in [1.807, 2.05) is 23.7 Å². The number of fused-ring (bicyclic) bond motifs is 1. The van der Waals surface area contributed by atoms with Crippen LogP contribution in [0.2, 0.25) is 0 Å². The fraction of sp³-hybridized carbons (Fsp3) is 0.529. The van der Waals surface area contributed by atoms with Gasteiger partial charge in [-0.15, -0.1) is 11.3 Å². The molecule has 0 saturated carbocycles. The van der Waals surface area contributed by atoms with Crippen molar-refractivity contribution in [2.24, 2.45) is 0 Å². The van der Waals surface area contributed by atoms with Gasteiger partial charge in [0, 0.05) is 44.3 Å². The third-order valence-corrected chi connectivity index (χ3v) is 5.37. The van der Waals surface area contributed by atoms with E-state index in [1.165, 1.54) is 0 Å². The Balaban J connectivity index is 1.47. The Bertz CT molecular complexity index is 663. The number of hydrogen-bond acceptors (Lipinski definition) is 5. The van der Waals surface area contributed by atoms with E-state index >= 15 is 0 Å². The van der Waals surface area contributed by atoms with E-state index in [0.29, 0.717) is 12.5 Å². The molecule has 1 aliphatic rings. The summed E-state index contributed by atoms with van der Waals surface area (Å²) in [6.07, 6.45) is 1.46. The number of nitrogens with zero attached hydrogens (tertiary/aromatic N) is 3. The Morgan fingerprint density at radius 3 is 2.91 bits per heavy atom. The van der Waals surface area contributed by atoms with Crippen molar-refractivity contribution in [1.29, 1.82) is 0 Å². The summed E-state index contributed by atoms with van der Waals surface area (Å²) in [6, 6.07) is 6.35. The second kappa shape index (κ2) is 7.38. The van der Waals surface area contributed by atoms with Crippen LogP contribution in [0.5, 0.6) is 0 Å². The summed E-state index contributed by atoms with van der Waals surface area (Å²) in [5.41, 5.74) is 3.60. The molecule has 2 aromatic rings. The maximum atomic E-state index is 12.2. The molecule has 1 fully saturated rings. The van der Waals surface area contributed by atoms with E-state index in [9.17, 15) is 4.79 Å². The van der Waals surface area contributed by atoms with E-state index in [2.05, 4.69) is 34.1 Å². The van der Waals surface area contributed by atoms with E-state index in [4.69, 9.17) is 0 Å². The molecule has 1 aliphatic heterocycles. The first kappa shape index (κ1) is 16.4. The van der Waals surface area contributed by atoms with Gasteiger partial charge in [-0.1, -0.05) is 0 Å². The minimum absolute atomic E-state index is 0.0838. The van der Waals surface area contributed by atoms with Crippen LogP contribution >= 0.6 is 11.3 Å². The quantitative estimate of drug-likeness (QED) is 0.914. The predicted molar refractivity (Wildman–Crippen MR) is 96.0 cm³/mol. The molecule has 0 spiro atoms. The zero-order valence-corrected chi connectivity index (χ0v) is 14.6. The first-order valence-corrected chi connectivity index (χ1v) is 9.05. The third kappa shape index (κ3) is 4.28. The Hall–Kier alpha value is -1.50. The molecule has 6 heteroatoms. The van der Waals surface area contributed by atoms with Crippen LogP contribution in [0.25, 0.3) is 10.2 Å². The molecule has 0 aliphatic carbocycles. The molecule has 1 atom stereocenters. The highest BCUT2D eigenvalue weighted by Crippen LogP contribution is 2.21. The highest BCUT2D eigenvalue weighted by molar-refractivity contribution is 7.16. The molecule has 3 rings (SSSR count). The van der Waals surface area contributed by atoms with Gasteiger partial charge in [-0.3, -0.25) is 9.69 Å². The largest absolute Gasteiger partial charge is 0.326 e. The fourth-order valence-corrected chi connectivity index (χ4v) is 3.60. The summed E-state index contributed by atoms with van der Waals surface area (Å²) in [4.78, 5) is 21.3. The number of piperazine rings is 1. The monoisotopic (exact) mass is 332 g/mol. The minimum atomic E-state index is 0.0838. The van der Waals surface area contributed by atoms with Crippen LogP contribution in [0, 0.1) is 0 Å². The lowest BCUT2D eigenvalue weighted by Gasteiger charge is -2.36. The van der Waals surface area contributed by atoms with Crippen LogP contribution in [0.4, 0.5) is 5.69 Å². The van der Waals surface area contributed by atoms with E-state index in [1.54, 1.807) is 11.3 Å². The molecule has 0 radical (unpaired) electrons. The number of amides is 1. The molecule has 1 N–H and O–H groups in total. The number of carbonyl (C=O) groups is 1. The Morgan fingerprint density at radius 1 is 1.35 bits per heavy atom. The van der Waals surface area contributed by atoms with E-state index in [0.717, 1.165) is 48.5 Å². The molecule has 1 amide bonds. The normalized spacial score (nSPS) is 18.2. The van der Waals surface area contributed by atoms with Gasteiger partial charge in [-0.25, -0.2) is 4.98 Å². The number of likely N-dealkylation sites (N-methyl/N-ethyl adjacent to an activating group) is 1. The van der Waals surface area contributed by atoms with Crippen LogP contribution in [-0.4, -0.2) is 60.0 Å². The lowest BCUT2D eigenvalue weighted by molar-refractivity contribution is -0.116. The first-order valence-electron chi connectivity index (χ1n) is 8.17. The average Bonchev–Trinajstić information content (AvgIpc) is 3.01. The lowest BCUT2D eigenvalue weighted by atomic mass is 10.1. The van der Waals surface area contributed by atoms with Gasteiger partial charge in [-0.05, 0) is 38.6 Å². The average molecular weight is 332 g/mol. The van der Waals surface area contributed by atoms with Crippen LogP contribution < -0.4 is 5.32 Å². The number of nitrogens with one attached hydrogen (secondary N) is 1. The fourth-order valence-electron chi connectivity index (χ4n) is 2.94. The van der Waals surface area contributed by atoms with Gasteiger partial charge < -0.3 is 10.2 Å². The summed E-state index contributed by atoms with van der Waals surface area (Å²) < 4.78 is 1.15. The summed E-state index contributed by atoms with van der Waals surface area (Å²) in [5.74, 6) is 0.0838. The van der Waals surface area contributed by atoms with Crippen molar-refractivity contribution < 1.29 is 4.79 Å². The molecule has 23 heavy (non-hydrogen) atoms. The standard InChI is InChI=1S/C17H24N4OS/c1-13(21-9-7-20(2)8-10-21)3-6-17(22)19-14-4-5-16-15(11-14)18-12-23-16/h4-5,11-13H,3,6-10H2,1-2H3,(H,19,22). The van der Waals surface area contributed by atoms with E-state index in [-0.39, 0.29) is 5.91 Å². The number of carbonyl (C=O) groups excluding carboxylic acids is 1. The van der Waals surface area contributed by atoms with Gasteiger partial charge >= 0.3 is 0 Å². The second-order valence-corrected chi connectivity index (χ2v) is 7.20. The second-order valence-electron chi connectivity index (χ2n) is 6.31. The van der Waals surface area contributed by atoms with Gasteiger partial charge in [0.1, 0.15) is 0 Å². The van der Waals surface area contributed by atoms with Gasteiger partial charge in [-0.2, -0.15) is 0 Å². The van der Waals surface area contributed by atoms with Gasteiger partial charge in [0.2, 0.25) is 5.91 Å². The van der Waals surface area contributed by atoms with Crippen LogP contribution in [0.3, 0.4) is 0 Å². The molecular weight excluding hydrogens is 308 g/mol. The zero-order valence-electron chi connectivity index (χ0n) is 13.8. The summed E-state index contributed by atoms with van der Waals surface area (Å²) in [7, 11) is 2.16. The molecule has 0 bridgehead atoms. The van der Waals surface area contributed by atoms with Crippen molar-refractivity contribution in [3.05, 3.63) is 23.7 Å². The summed E-state index contributed by atoms with van der Waals surface area (Å²) in [5, 5.41) is 2.99. The molecule has 124 valence electrons. The molecule has 2 heterocycles. The van der Waals surface area contributed by atoms with Crippen LogP contribution in [-0.2, 0) is 4.79 Å². The van der Waals surface area contributed by atoms with Crippen molar-refractivity contribution in [3.63, 3.8) is 0 Å². The Morgan fingerprint density at radius 2 is 2.13 bits per heavy atom. The van der Waals surface area contributed by atoms with E-state index < -0.39 is 0 Å². The van der Waals surface area contributed by atoms with Crippen molar-refractivity contribution in [1.82, 2.24) is 14.8 Å². The summed E-state index contributed by atoms with van der Waals surface area (Å²) in [6.45, 7) is 6.65. The topological polar surface area (TPSA) is 48.5 Å². The third-order valence-electron chi connectivity index (χ3n) is 4.56. The minimum Gasteiger partial charge on any atom is -0.326 e. The van der Waals surface area contributed by atoms with Gasteiger partial charge in [0.05, 0.1) is 15.7 Å². The molecule has 1 unspecified atom stereocenters. The van der Waals surface area contributed by atoms with Gasteiger partial charge in [0.25, 0.3) is 0 Å². The lowest BCUT2D eigenvalue weighted by Crippen LogP contribution is -2.48. The smallest absolute Gasteiger partial charge is 0.224 e. The van der Waals surface area contributed by atoms with Crippen LogP contribution in [0.1, 0.15) is 19.8 Å². The van der Waals surface area contributed by atoms with Crippen molar-refractivity contribution >= 4 is 33.1 Å². The number of thiazole rings is 1. The maximum Gasteiger partial charge on any atom is 0.224 e. The first-order chi connectivity index (χ1) is 11.1. The Labute approximate surface area is 141 Å². The molecule has 1 aromatic carbocycles. The zero-order chi connectivity index (χ0) is 16.2. The predicted octanol–water partition coefficient (Wildman–Crippen LogP) is 2.65. The SMILES string of the molecule is CC(CCC(=O)Nc1ccc2scnc2c1)N1CCN(C)CC1. The van der Waals surface area contributed by atoms with Gasteiger partial charge in [0.15, 0.2) is 0 Å². The highest BCUT2D eigenvalue weighted by atomic mass is 32.1. The van der Waals surface area contributed by atoms with Crippen molar-refractivity contribution in [2.45, 2.75) is 25.8 Å². The van der Waals surface area contributed by atoms with Crippen LogP contribution in [0.15, 0.2) is 23.7 Å². The number of anilines is 1. The number of aromatic nitrogens is 1. The number of benzene rings is 1. The maximum absolute atomic E-state index is 12.2. The highest BCUT2D eigenvalue weighted by Gasteiger charge is 2.19. The number of rotatable bonds is 5. The molecular formula is C17H24N4OS. The molecule has 1 saturated heterocycles. The Kier molecular flexibility index (Phi) is 5.25. The molecule has 1 aromatic heterocycles. The summed E-state index contributed by atoms with van der Waals surface area (Å²) >= 11 is 1.61.